The highest BCUT2D eigenvalue weighted by Crippen LogP contribution is 2.34. The zero-order valence-electron chi connectivity index (χ0n) is 15.0. The molecule has 1 saturated heterocycles. The number of ketones is 1. The van der Waals surface area contributed by atoms with Gasteiger partial charge in [0.2, 0.25) is 0 Å². The van der Waals surface area contributed by atoms with Crippen LogP contribution in [0.1, 0.15) is 32.1 Å². The molecule has 9 nitrogen and oxygen atoms in total. The topological polar surface area (TPSA) is 154 Å². The summed E-state index contributed by atoms with van der Waals surface area (Å²) < 4.78 is 10.6. The lowest BCUT2D eigenvalue weighted by molar-refractivity contribution is -0.300. The van der Waals surface area contributed by atoms with Crippen molar-refractivity contribution in [2.24, 2.45) is 11.8 Å². The van der Waals surface area contributed by atoms with Crippen molar-refractivity contribution < 1.29 is 44.6 Å². The van der Waals surface area contributed by atoms with Crippen molar-refractivity contribution in [3.8, 4) is 0 Å². The van der Waals surface area contributed by atoms with E-state index >= 15 is 0 Å². The molecule has 154 valence electrons. The van der Waals surface area contributed by atoms with Crippen LogP contribution in [0.5, 0.6) is 0 Å². The fourth-order valence-corrected chi connectivity index (χ4v) is 3.59. The Labute approximate surface area is 157 Å². The third-order valence-electron chi connectivity index (χ3n) is 5.15. The van der Waals surface area contributed by atoms with Crippen LogP contribution in [0.4, 0.5) is 0 Å². The molecule has 2 aliphatic rings. The van der Waals surface area contributed by atoms with Crippen molar-refractivity contribution in [1.82, 2.24) is 0 Å². The molecule has 7 atom stereocenters. The van der Waals surface area contributed by atoms with Crippen LogP contribution in [-0.4, -0.2) is 81.2 Å². The minimum Gasteiger partial charge on any atom is -0.481 e. The average Bonchev–Trinajstić information content (AvgIpc) is 2.96. The summed E-state index contributed by atoms with van der Waals surface area (Å²) in [5.74, 6) is -1.17. The van der Waals surface area contributed by atoms with Gasteiger partial charge in [-0.25, -0.2) is 0 Å². The summed E-state index contributed by atoms with van der Waals surface area (Å²) in [5.41, 5.74) is 0. The number of hydrogen-bond donors (Lipinski definition) is 5. The van der Waals surface area contributed by atoms with Gasteiger partial charge in [-0.05, 0) is 25.2 Å². The molecule has 1 aliphatic heterocycles. The van der Waals surface area contributed by atoms with Crippen molar-refractivity contribution >= 4 is 11.8 Å². The maximum atomic E-state index is 11.9. The molecule has 0 unspecified atom stereocenters. The Morgan fingerprint density at radius 1 is 1.19 bits per heavy atom. The zero-order valence-corrected chi connectivity index (χ0v) is 15.0. The molecule has 0 aromatic rings. The number of aliphatic carboxylic acids is 1. The summed E-state index contributed by atoms with van der Waals surface area (Å²) in [7, 11) is 0. The molecule has 0 aromatic heterocycles. The molecule has 9 heteroatoms. The van der Waals surface area contributed by atoms with Crippen molar-refractivity contribution in [3.05, 3.63) is 12.2 Å². The van der Waals surface area contributed by atoms with E-state index in [-0.39, 0.29) is 30.6 Å². The summed E-state index contributed by atoms with van der Waals surface area (Å²) in [6.07, 6.45) is -0.898. The molecular weight excluding hydrogens is 360 g/mol. The highest BCUT2D eigenvalue weighted by Gasteiger charge is 2.43. The Bertz CT molecular complexity index is 533. The molecule has 0 radical (unpaired) electrons. The first kappa shape index (κ1) is 21.9. The first-order valence-electron chi connectivity index (χ1n) is 9.16. The van der Waals surface area contributed by atoms with Crippen molar-refractivity contribution in [2.45, 2.75) is 62.8 Å². The van der Waals surface area contributed by atoms with Crippen LogP contribution < -0.4 is 0 Å². The van der Waals surface area contributed by atoms with Gasteiger partial charge in [-0.3, -0.25) is 9.59 Å². The number of Topliss-reactive ketones (excluding diaryl/α,β-unsaturated/α-hetero) is 1. The third-order valence-corrected chi connectivity index (χ3v) is 5.15. The van der Waals surface area contributed by atoms with E-state index in [1.807, 2.05) is 6.08 Å². The fourth-order valence-electron chi connectivity index (χ4n) is 3.59. The van der Waals surface area contributed by atoms with Gasteiger partial charge in [-0.2, -0.15) is 0 Å². The van der Waals surface area contributed by atoms with E-state index in [2.05, 4.69) is 0 Å². The van der Waals surface area contributed by atoms with Gasteiger partial charge in [0.1, 0.15) is 30.2 Å². The van der Waals surface area contributed by atoms with E-state index in [4.69, 9.17) is 19.7 Å². The maximum absolute atomic E-state index is 11.9. The summed E-state index contributed by atoms with van der Waals surface area (Å²) in [4.78, 5) is 22.7. The predicted molar refractivity (Wildman–Crippen MR) is 91.6 cm³/mol. The van der Waals surface area contributed by atoms with Crippen LogP contribution in [0.3, 0.4) is 0 Å². The van der Waals surface area contributed by atoms with Crippen molar-refractivity contribution in [3.63, 3.8) is 0 Å². The number of rotatable bonds is 9. The lowest BCUT2D eigenvalue weighted by Gasteiger charge is -2.39. The van der Waals surface area contributed by atoms with Gasteiger partial charge < -0.3 is 35.0 Å². The highest BCUT2D eigenvalue weighted by molar-refractivity contribution is 5.84. The molecule has 5 N–H and O–H groups in total. The number of aliphatic hydroxyl groups is 4. The Morgan fingerprint density at radius 2 is 1.93 bits per heavy atom. The number of ether oxygens (including phenoxy) is 2. The van der Waals surface area contributed by atoms with E-state index in [0.717, 1.165) is 0 Å². The number of hydrogen-bond acceptors (Lipinski definition) is 8. The number of aliphatic hydroxyl groups excluding tert-OH is 4. The maximum Gasteiger partial charge on any atom is 0.303 e. The van der Waals surface area contributed by atoms with E-state index in [1.54, 1.807) is 6.08 Å². The monoisotopic (exact) mass is 388 g/mol. The second-order valence-corrected chi connectivity index (χ2v) is 7.03. The smallest absolute Gasteiger partial charge is 0.303 e. The molecule has 2 fully saturated rings. The van der Waals surface area contributed by atoms with Crippen molar-refractivity contribution in [1.29, 1.82) is 0 Å². The first-order valence-corrected chi connectivity index (χ1v) is 9.16. The summed E-state index contributed by atoms with van der Waals surface area (Å²) in [5, 5.41) is 47.3. The Morgan fingerprint density at radius 3 is 2.59 bits per heavy atom. The summed E-state index contributed by atoms with van der Waals surface area (Å²) in [6, 6.07) is 0. The van der Waals surface area contributed by atoms with Crippen LogP contribution >= 0.6 is 0 Å². The lowest BCUT2D eigenvalue weighted by Crippen LogP contribution is -2.59. The molecule has 1 heterocycles. The van der Waals surface area contributed by atoms with Crippen LogP contribution in [0.25, 0.3) is 0 Å². The molecule has 0 aromatic carbocycles. The minimum absolute atomic E-state index is 0.00443. The quantitative estimate of drug-likeness (QED) is 0.252. The second-order valence-electron chi connectivity index (χ2n) is 7.03. The molecule has 2 rings (SSSR count). The van der Waals surface area contributed by atoms with Crippen molar-refractivity contribution in [2.75, 3.05) is 13.2 Å². The molecule has 1 saturated carbocycles. The number of carbonyl (C=O) groups is 2. The number of carboxylic acids is 1. The van der Waals surface area contributed by atoms with Gasteiger partial charge in [-0.1, -0.05) is 12.2 Å². The van der Waals surface area contributed by atoms with E-state index in [0.29, 0.717) is 25.7 Å². The first-order chi connectivity index (χ1) is 12.8. The standard InChI is InChI=1S/C18H28O9/c19-9-13-15(23)16(24)17(25)18(27-13)26-7-3-1-2-4-11-10(8-14(21)22)5-6-12(11)20/h1-2,10-11,13,15-19,23-25H,3-9H2,(H,21,22)/b2-1-/t10-,11-,13-,15+,16+,17-,18-/m1/s1. The second kappa shape index (κ2) is 10.3. The molecule has 1 aliphatic carbocycles. The van der Waals surface area contributed by atoms with Gasteiger partial charge in [0.05, 0.1) is 13.2 Å². The molecular formula is C18H28O9. The SMILES string of the molecule is O=C(O)C[C@H]1CCC(=O)[C@@H]1C/C=C\CCO[C@@H]1O[C@H](CO)[C@H](O)[C@H](O)[C@H]1O. The van der Waals surface area contributed by atoms with Gasteiger partial charge in [-0.15, -0.1) is 0 Å². The Kier molecular flexibility index (Phi) is 8.33. The molecule has 27 heavy (non-hydrogen) atoms. The van der Waals surface area contributed by atoms with E-state index < -0.39 is 43.3 Å². The van der Waals surface area contributed by atoms with Gasteiger partial charge >= 0.3 is 5.97 Å². The van der Waals surface area contributed by atoms with Gasteiger partial charge in [0.15, 0.2) is 6.29 Å². The third kappa shape index (κ3) is 5.81. The predicted octanol–water partition coefficient (Wildman–Crippen LogP) is -0.791. The average molecular weight is 388 g/mol. The normalized spacial score (nSPS) is 37.2. The van der Waals surface area contributed by atoms with E-state index in [9.17, 15) is 24.9 Å². The highest BCUT2D eigenvalue weighted by atomic mass is 16.7. The number of carboxylic acid groups (broad SMARTS) is 1. The van der Waals surface area contributed by atoms with Gasteiger partial charge in [0.25, 0.3) is 0 Å². The molecule has 0 spiro atoms. The van der Waals surface area contributed by atoms with E-state index in [1.165, 1.54) is 0 Å². The fraction of sp³-hybridized carbons (Fsp3) is 0.778. The summed E-state index contributed by atoms with van der Waals surface area (Å²) in [6.45, 7) is -0.353. The van der Waals surface area contributed by atoms with Crippen LogP contribution in [0.15, 0.2) is 12.2 Å². The zero-order chi connectivity index (χ0) is 20.0. The largest absolute Gasteiger partial charge is 0.481 e. The molecule has 0 bridgehead atoms. The number of carbonyl (C=O) groups excluding carboxylic acids is 1. The Balaban J connectivity index is 1.73. The lowest BCUT2D eigenvalue weighted by atomic mass is 9.89. The van der Waals surface area contributed by atoms with Crippen LogP contribution in [0, 0.1) is 11.8 Å². The minimum atomic E-state index is -1.48. The van der Waals surface area contributed by atoms with Crippen LogP contribution in [-0.2, 0) is 19.1 Å². The molecule has 0 amide bonds. The van der Waals surface area contributed by atoms with Gasteiger partial charge in [0, 0.05) is 18.8 Å². The number of allylic oxidation sites excluding steroid dienone is 1. The Hall–Kier alpha value is -1.36. The van der Waals surface area contributed by atoms with Crippen LogP contribution in [0.2, 0.25) is 0 Å². The summed E-state index contributed by atoms with van der Waals surface area (Å²) >= 11 is 0.